The molecule has 4 N–H and O–H groups in total. The minimum Gasteiger partial charge on any atom is -0.408 e. The molecule has 0 aliphatic heterocycles. The van der Waals surface area contributed by atoms with Crippen molar-refractivity contribution in [3.05, 3.63) is 97.5 Å². The van der Waals surface area contributed by atoms with Gasteiger partial charge >= 0.3 is 5.76 Å². The van der Waals surface area contributed by atoms with E-state index in [1.165, 1.54) is 21.2 Å². The fourth-order valence-corrected chi connectivity index (χ4v) is 5.26. The van der Waals surface area contributed by atoms with E-state index < -0.39 is 23.1 Å². The first kappa shape index (κ1) is 25.1. The summed E-state index contributed by atoms with van der Waals surface area (Å²) in [4.78, 5) is 54.9. The summed E-state index contributed by atoms with van der Waals surface area (Å²) in [5.74, 6) is -1.01. The van der Waals surface area contributed by atoms with E-state index in [1.807, 2.05) is 18.2 Å². The van der Waals surface area contributed by atoms with Crippen molar-refractivity contribution in [1.82, 2.24) is 50.4 Å². The number of aromatic nitrogens is 8. The predicted molar refractivity (Wildman–Crippen MR) is 147 cm³/mol. The Hall–Kier alpha value is -5.86. The summed E-state index contributed by atoms with van der Waals surface area (Å²) in [6.45, 7) is 0.121. The second-order valence-corrected chi connectivity index (χ2v) is 9.97. The minimum atomic E-state index is -0.537. The van der Waals surface area contributed by atoms with Crippen LogP contribution in [0.15, 0.2) is 62.5 Å². The monoisotopic (exact) mass is 566 g/mol. The molecule has 0 bridgehead atoms. The van der Waals surface area contributed by atoms with E-state index in [4.69, 9.17) is 4.42 Å². The number of hydrogen-bond acceptors (Lipinski definition) is 9. The van der Waals surface area contributed by atoms with Crippen LogP contribution in [0.3, 0.4) is 0 Å². The van der Waals surface area contributed by atoms with Crippen LogP contribution in [-0.2, 0) is 20.0 Å². The molecule has 2 aromatic carbocycles. The molecule has 1 atom stereocenters. The molecule has 0 fully saturated rings. The van der Waals surface area contributed by atoms with Crippen molar-refractivity contribution < 1.29 is 14.0 Å². The highest BCUT2D eigenvalue weighted by atomic mass is 16.4. The summed E-state index contributed by atoms with van der Waals surface area (Å²) in [5, 5.41) is 22.4. The number of carbonyl (C=O) groups is 2. The number of fused-ring (bicyclic) bond motifs is 3. The smallest absolute Gasteiger partial charge is 0.408 e. The highest BCUT2D eigenvalue weighted by molar-refractivity contribution is 5.98. The highest BCUT2D eigenvalue weighted by Crippen LogP contribution is 2.33. The average molecular weight is 567 g/mol. The van der Waals surface area contributed by atoms with Gasteiger partial charge in [0.1, 0.15) is 11.4 Å². The van der Waals surface area contributed by atoms with Crippen molar-refractivity contribution in [2.45, 2.75) is 25.4 Å². The maximum Gasteiger partial charge on any atom is 0.419 e. The van der Waals surface area contributed by atoms with Crippen LogP contribution in [0.5, 0.6) is 0 Å². The van der Waals surface area contributed by atoms with Crippen molar-refractivity contribution in [1.29, 1.82) is 0 Å². The fraction of sp³-hybridized carbons (Fsp3) is 0.185. The standard InChI is InChI=1S/C27H22N10O5/c1-36-19-8-13(2-7-21(19)42-27(36)41)12-28-26(40)20-10-18(29-22-11-23(38)33-37(20)22)25(39)30-17-6-4-14-9-15(3-5-16(14)17)24-31-34-35-32-24/h2-3,5,7-11,17H,4,6,12H2,1H3,(H,28,40)(H,30,39)(H,33,38)(H,31,32,34,35)/t17-/m0/s1. The Bertz CT molecular complexity index is 2140. The zero-order valence-electron chi connectivity index (χ0n) is 22.0. The zero-order valence-corrected chi connectivity index (χ0v) is 22.0. The molecule has 4 aromatic heterocycles. The first-order chi connectivity index (χ1) is 20.3. The third kappa shape index (κ3) is 4.32. The summed E-state index contributed by atoms with van der Waals surface area (Å²) in [6.07, 6.45) is 1.43. The van der Waals surface area contributed by atoms with E-state index in [0.717, 1.165) is 28.7 Å². The second-order valence-electron chi connectivity index (χ2n) is 9.97. The molecule has 1 aliphatic rings. The lowest BCUT2D eigenvalue weighted by atomic mass is 10.0. The van der Waals surface area contributed by atoms with Crippen LogP contribution >= 0.6 is 0 Å². The van der Waals surface area contributed by atoms with Crippen molar-refractivity contribution in [3.63, 3.8) is 0 Å². The third-order valence-electron chi connectivity index (χ3n) is 7.36. The molecule has 15 nitrogen and oxygen atoms in total. The largest absolute Gasteiger partial charge is 0.419 e. The molecular weight excluding hydrogens is 544 g/mol. The second kappa shape index (κ2) is 9.65. The third-order valence-corrected chi connectivity index (χ3v) is 7.36. The summed E-state index contributed by atoms with van der Waals surface area (Å²) < 4.78 is 7.76. The lowest BCUT2D eigenvalue weighted by Crippen LogP contribution is -2.30. The maximum atomic E-state index is 13.4. The van der Waals surface area contributed by atoms with E-state index >= 15 is 0 Å². The molecule has 210 valence electrons. The minimum absolute atomic E-state index is 0.00849. The number of H-pyrrole nitrogens is 2. The van der Waals surface area contributed by atoms with Gasteiger partial charge in [-0.05, 0) is 52.9 Å². The van der Waals surface area contributed by atoms with Crippen LogP contribution in [0.4, 0.5) is 0 Å². The summed E-state index contributed by atoms with van der Waals surface area (Å²) in [5.41, 5.74) is 4.29. The Kier molecular flexibility index (Phi) is 5.78. The van der Waals surface area contributed by atoms with E-state index in [1.54, 1.807) is 25.2 Å². The van der Waals surface area contributed by atoms with Gasteiger partial charge in [0, 0.05) is 31.3 Å². The zero-order chi connectivity index (χ0) is 29.0. The molecule has 2 amide bonds. The number of carbonyl (C=O) groups excluding carboxylic acids is 2. The van der Waals surface area contributed by atoms with E-state index in [0.29, 0.717) is 23.3 Å². The fourth-order valence-electron chi connectivity index (χ4n) is 5.26. The SMILES string of the molecule is Cn1c(=O)oc2ccc(CNC(=O)c3cc(C(=O)N[C@H]4CCc5cc(-c6nn[nH]n6)ccc54)nc4cc(=O)[nH]n34)cc21. The molecule has 0 radical (unpaired) electrons. The molecule has 6 aromatic rings. The quantitative estimate of drug-likeness (QED) is 0.227. The first-order valence-corrected chi connectivity index (χ1v) is 13.0. The number of aryl methyl sites for hydroxylation is 2. The van der Waals surface area contributed by atoms with Crippen molar-refractivity contribution in [2.24, 2.45) is 7.05 Å². The number of oxazole rings is 1. The van der Waals surface area contributed by atoms with Gasteiger partial charge in [-0.25, -0.2) is 14.3 Å². The molecule has 4 heterocycles. The molecule has 0 unspecified atom stereocenters. The summed E-state index contributed by atoms with van der Waals surface area (Å²) >= 11 is 0. The number of benzene rings is 2. The normalized spacial score (nSPS) is 14.4. The highest BCUT2D eigenvalue weighted by Gasteiger charge is 2.27. The first-order valence-electron chi connectivity index (χ1n) is 13.0. The van der Waals surface area contributed by atoms with Gasteiger partial charge in [-0.15, -0.1) is 10.2 Å². The molecule has 0 saturated heterocycles. The van der Waals surface area contributed by atoms with Crippen molar-refractivity contribution >= 4 is 28.6 Å². The Morgan fingerprint density at radius 1 is 1.10 bits per heavy atom. The Labute approximate surface area is 234 Å². The molecule has 0 spiro atoms. The van der Waals surface area contributed by atoms with E-state index in [2.05, 4.69) is 41.3 Å². The van der Waals surface area contributed by atoms with Crippen LogP contribution in [0.25, 0.3) is 28.1 Å². The number of rotatable bonds is 6. The number of hydrogen-bond donors (Lipinski definition) is 4. The van der Waals surface area contributed by atoms with Gasteiger partial charge in [-0.1, -0.05) is 18.2 Å². The topological polar surface area (TPSA) is 198 Å². The van der Waals surface area contributed by atoms with Crippen LogP contribution in [-0.4, -0.2) is 51.6 Å². The number of nitrogens with zero attached hydrogens (tertiary/aromatic N) is 6. The number of nitrogens with one attached hydrogen (secondary N) is 4. The van der Waals surface area contributed by atoms with Crippen LogP contribution in [0, 0.1) is 0 Å². The number of amides is 2. The number of tetrazole rings is 1. The molecule has 42 heavy (non-hydrogen) atoms. The Morgan fingerprint density at radius 3 is 2.81 bits per heavy atom. The van der Waals surface area contributed by atoms with Gasteiger partial charge in [0.15, 0.2) is 11.2 Å². The van der Waals surface area contributed by atoms with Gasteiger partial charge in [0.05, 0.1) is 11.6 Å². The van der Waals surface area contributed by atoms with Gasteiger partial charge in [-0.3, -0.25) is 24.0 Å². The van der Waals surface area contributed by atoms with Crippen LogP contribution < -0.4 is 21.9 Å². The van der Waals surface area contributed by atoms with Gasteiger partial charge in [-0.2, -0.15) is 5.21 Å². The Balaban J connectivity index is 1.12. The number of aromatic amines is 2. The molecule has 15 heteroatoms. The molecule has 7 rings (SSSR count). The Morgan fingerprint density at radius 2 is 1.98 bits per heavy atom. The van der Waals surface area contributed by atoms with Crippen LogP contribution in [0.1, 0.15) is 50.1 Å². The molecule has 0 saturated carbocycles. The molecule has 1 aliphatic carbocycles. The summed E-state index contributed by atoms with van der Waals surface area (Å²) in [7, 11) is 1.59. The average Bonchev–Trinajstić information content (AvgIpc) is 3.78. The maximum absolute atomic E-state index is 13.4. The van der Waals surface area contributed by atoms with Gasteiger partial charge in [0.2, 0.25) is 5.82 Å². The van der Waals surface area contributed by atoms with E-state index in [-0.39, 0.29) is 29.6 Å². The van der Waals surface area contributed by atoms with Gasteiger partial charge in [0.25, 0.3) is 17.4 Å². The van der Waals surface area contributed by atoms with Crippen molar-refractivity contribution in [3.8, 4) is 11.4 Å². The van der Waals surface area contributed by atoms with E-state index in [9.17, 15) is 19.2 Å². The molecular formula is C27H22N10O5. The van der Waals surface area contributed by atoms with Crippen molar-refractivity contribution in [2.75, 3.05) is 0 Å². The predicted octanol–water partition coefficient (Wildman–Crippen LogP) is 0.995. The van der Waals surface area contributed by atoms with Crippen LogP contribution in [0.2, 0.25) is 0 Å². The van der Waals surface area contributed by atoms with Gasteiger partial charge < -0.3 is 15.1 Å². The lowest BCUT2D eigenvalue weighted by Gasteiger charge is -2.15. The summed E-state index contributed by atoms with van der Waals surface area (Å²) in [6, 6.07) is 13.2. The lowest BCUT2D eigenvalue weighted by molar-refractivity contribution is 0.0931.